The number of fused-ring (bicyclic) bond motifs is 1. The van der Waals surface area contributed by atoms with Gasteiger partial charge in [-0.2, -0.15) is 0 Å². The molecule has 10 heteroatoms. The number of benzene rings is 5. The quantitative estimate of drug-likeness (QED) is 0.121. The number of aromatic nitrogens is 1. The van der Waals surface area contributed by atoms with Crippen LogP contribution in [-0.2, 0) is 24.2 Å². The molecule has 0 bridgehead atoms. The van der Waals surface area contributed by atoms with Gasteiger partial charge in [0.2, 0.25) is 5.89 Å². The van der Waals surface area contributed by atoms with Gasteiger partial charge in [-0.15, -0.1) is 0 Å². The summed E-state index contributed by atoms with van der Waals surface area (Å²) in [6.07, 6.45) is 1.41. The number of carbonyl (C=O) groups is 1. The molecule has 0 amide bonds. The summed E-state index contributed by atoms with van der Waals surface area (Å²) in [4.78, 5) is 27.5. The number of likely N-dealkylation sites (tertiary alicyclic amines) is 1. The van der Waals surface area contributed by atoms with Gasteiger partial charge in [0, 0.05) is 25.7 Å². The summed E-state index contributed by atoms with van der Waals surface area (Å²) in [6, 6.07) is 35.1. The minimum Gasteiger partial charge on any atom is -0.502 e. The number of hydrogen-bond acceptors (Lipinski definition) is 7. The molecule has 0 saturated carbocycles. The van der Waals surface area contributed by atoms with E-state index in [1.807, 2.05) is 77.7 Å². The monoisotopic (exact) mass is 645 g/mol. The molecule has 0 aliphatic carbocycles. The molecule has 1 aliphatic heterocycles. The number of rotatable bonds is 9. The molecule has 0 radical (unpaired) electrons. The van der Waals surface area contributed by atoms with Crippen LogP contribution in [0.2, 0.25) is 0 Å². The van der Waals surface area contributed by atoms with Gasteiger partial charge >= 0.3 is 11.7 Å². The fraction of sp³-hybridized carbons (Fsp3) is 0.158. The van der Waals surface area contributed by atoms with E-state index in [0.717, 1.165) is 28.7 Å². The molecule has 6 aromatic rings. The van der Waals surface area contributed by atoms with Crippen LogP contribution < -0.4 is 0 Å². The molecule has 2 N–H and O–H groups in total. The first-order valence-corrected chi connectivity index (χ1v) is 15.4. The second kappa shape index (κ2) is 14.3. The lowest BCUT2D eigenvalue weighted by atomic mass is 9.99. The molecule has 0 atom stereocenters. The molecular weight excluding hydrogens is 613 g/mol. The zero-order chi connectivity index (χ0) is 33.6. The Labute approximate surface area is 275 Å². The standard InChI is InChI=1S/C25H21FN2O3.C13H11NO3/c26-21-11-18(13-28-14-19(15-28)25(29)30)6-8-20(21)24-27-22-12-17(7-9-23(22)31-24)10-16-4-2-1-3-5-16;15-13-7-6-11(9-12(13)14(16)17)8-10-4-2-1-3-5-10/h1-9,11-12,19H,10,13-15H2,(H,29,30);1-7,9,15H,8H2. The van der Waals surface area contributed by atoms with Crippen LogP contribution in [0.3, 0.4) is 0 Å². The van der Waals surface area contributed by atoms with E-state index in [9.17, 15) is 24.4 Å². The number of phenolic OH excluding ortho intramolecular Hbond substituents is 1. The molecule has 1 aliphatic rings. The second-order valence-corrected chi connectivity index (χ2v) is 11.8. The van der Waals surface area contributed by atoms with Crippen LogP contribution in [0.4, 0.5) is 10.1 Å². The first-order chi connectivity index (χ1) is 23.2. The maximum atomic E-state index is 14.8. The maximum absolute atomic E-state index is 14.8. The minimum atomic E-state index is -0.777. The topological polar surface area (TPSA) is 130 Å². The molecule has 5 aromatic carbocycles. The summed E-state index contributed by atoms with van der Waals surface area (Å²) >= 11 is 0. The van der Waals surface area contributed by atoms with Gasteiger partial charge in [-0.05, 0) is 71.0 Å². The van der Waals surface area contributed by atoms with Crippen molar-refractivity contribution in [1.29, 1.82) is 0 Å². The summed E-state index contributed by atoms with van der Waals surface area (Å²) in [5.41, 5.74) is 6.39. The van der Waals surface area contributed by atoms with Gasteiger partial charge in [-0.25, -0.2) is 9.37 Å². The Bertz CT molecular complexity index is 2060. The third kappa shape index (κ3) is 7.73. The molecule has 1 aromatic heterocycles. The largest absolute Gasteiger partial charge is 0.502 e. The van der Waals surface area contributed by atoms with Crippen molar-refractivity contribution in [2.75, 3.05) is 13.1 Å². The molecule has 1 fully saturated rings. The summed E-state index contributed by atoms with van der Waals surface area (Å²) in [7, 11) is 0. The molecular formula is C38H32FN3O6. The van der Waals surface area contributed by atoms with Crippen LogP contribution in [0, 0.1) is 21.8 Å². The lowest BCUT2D eigenvalue weighted by Gasteiger charge is -2.36. The molecule has 242 valence electrons. The highest BCUT2D eigenvalue weighted by atomic mass is 19.1. The van der Waals surface area contributed by atoms with Gasteiger partial charge in [-0.3, -0.25) is 19.8 Å². The molecule has 2 heterocycles. The van der Waals surface area contributed by atoms with Gasteiger partial charge < -0.3 is 14.6 Å². The van der Waals surface area contributed by atoms with Gasteiger partial charge in [-0.1, -0.05) is 78.9 Å². The molecule has 7 rings (SSSR count). The van der Waals surface area contributed by atoms with Crippen molar-refractivity contribution in [2.45, 2.75) is 19.4 Å². The maximum Gasteiger partial charge on any atom is 0.310 e. The summed E-state index contributed by atoms with van der Waals surface area (Å²) in [5, 5.41) is 29.0. The summed E-state index contributed by atoms with van der Waals surface area (Å²) in [5.74, 6) is -1.54. The lowest BCUT2D eigenvalue weighted by Crippen LogP contribution is -2.49. The van der Waals surface area contributed by atoms with Gasteiger partial charge in [0.05, 0.1) is 16.4 Å². The zero-order valence-electron chi connectivity index (χ0n) is 25.8. The van der Waals surface area contributed by atoms with E-state index in [-0.39, 0.29) is 23.2 Å². The minimum absolute atomic E-state index is 0.251. The summed E-state index contributed by atoms with van der Waals surface area (Å²) < 4.78 is 20.6. The fourth-order valence-corrected chi connectivity index (χ4v) is 5.63. The average Bonchev–Trinajstić information content (AvgIpc) is 3.48. The van der Waals surface area contributed by atoms with Crippen molar-refractivity contribution < 1.29 is 28.7 Å². The average molecular weight is 646 g/mol. The van der Waals surface area contributed by atoms with Crippen LogP contribution in [0.25, 0.3) is 22.6 Å². The Hall–Kier alpha value is -5.87. The van der Waals surface area contributed by atoms with Crippen LogP contribution >= 0.6 is 0 Å². The fourth-order valence-electron chi connectivity index (χ4n) is 5.63. The van der Waals surface area contributed by atoms with E-state index in [1.54, 1.807) is 12.1 Å². The first-order valence-electron chi connectivity index (χ1n) is 15.4. The van der Waals surface area contributed by atoms with Crippen molar-refractivity contribution in [2.24, 2.45) is 5.92 Å². The number of carboxylic acid groups (broad SMARTS) is 1. The number of aliphatic carboxylic acids is 1. The third-order valence-electron chi connectivity index (χ3n) is 8.17. The molecule has 0 spiro atoms. The Kier molecular flexibility index (Phi) is 9.54. The van der Waals surface area contributed by atoms with Gasteiger partial charge in [0.15, 0.2) is 11.3 Å². The Morgan fingerprint density at radius 2 is 1.44 bits per heavy atom. The van der Waals surface area contributed by atoms with Gasteiger partial charge in [0.25, 0.3) is 0 Å². The predicted octanol–water partition coefficient (Wildman–Crippen LogP) is 7.63. The number of nitro groups is 1. The van der Waals surface area contributed by atoms with Crippen molar-refractivity contribution in [1.82, 2.24) is 9.88 Å². The number of hydrogen-bond donors (Lipinski definition) is 2. The third-order valence-corrected chi connectivity index (χ3v) is 8.17. The Balaban J connectivity index is 0.000000200. The zero-order valence-corrected chi connectivity index (χ0v) is 25.8. The number of phenols is 1. The number of nitro benzene ring substituents is 1. The van der Waals surface area contributed by atoms with E-state index < -0.39 is 16.7 Å². The van der Waals surface area contributed by atoms with Crippen molar-refractivity contribution >= 4 is 22.8 Å². The van der Waals surface area contributed by atoms with Crippen molar-refractivity contribution in [3.8, 4) is 17.2 Å². The number of carboxylic acids is 1. The van der Waals surface area contributed by atoms with Crippen LogP contribution in [-0.4, -0.2) is 44.1 Å². The predicted molar refractivity (Wildman–Crippen MR) is 179 cm³/mol. The van der Waals surface area contributed by atoms with E-state index in [1.165, 1.54) is 23.8 Å². The van der Waals surface area contributed by atoms with Gasteiger partial charge in [0.1, 0.15) is 11.3 Å². The molecule has 0 unspecified atom stereocenters. The van der Waals surface area contributed by atoms with E-state index >= 15 is 0 Å². The van der Waals surface area contributed by atoms with Crippen molar-refractivity contribution in [3.63, 3.8) is 0 Å². The number of oxazole rings is 1. The number of halogens is 1. The van der Waals surface area contributed by atoms with Crippen LogP contribution in [0.5, 0.6) is 5.75 Å². The first kappa shape index (κ1) is 32.1. The highest BCUT2D eigenvalue weighted by Gasteiger charge is 2.32. The SMILES string of the molecule is O=C(O)C1CN(Cc2ccc(-c3nc4cc(Cc5ccccc5)ccc4o3)c(F)c2)C1.O=[N+]([O-])c1cc(Cc2ccccc2)ccc1O. The second-order valence-electron chi connectivity index (χ2n) is 11.8. The molecule has 48 heavy (non-hydrogen) atoms. The number of nitrogens with zero attached hydrogens (tertiary/aromatic N) is 3. The Morgan fingerprint density at radius 3 is 2.04 bits per heavy atom. The normalized spacial score (nSPS) is 13.0. The van der Waals surface area contributed by atoms with Crippen LogP contribution in [0.1, 0.15) is 27.8 Å². The highest BCUT2D eigenvalue weighted by molar-refractivity contribution is 5.77. The summed E-state index contributed by atoms with van der Waals surface area (Å²) in [6.45, 7) is 1.52. The Morgan fingerprint density at radius 1 is 0.833 bits per heavy atom. The van der Waals surface area contributed by atoms with Crippen molar-refractivity contribution in [3.05, 3.63) is 159 Å². The number of aromatic hydroxyl groups is 1. The smallest absolute Gasteiger partial charge is 0.310 e. The molecule has 9 nitrogen and oxygen atoms in total. The van der Waals surface area contributed by atoms with E-state index in [0.29, 0.717) is 42.7 Å². The van der Waals surface area contributed by atoms with E-state index in [4.69, 9.17) is 9.52 Å². The van der Waals surface area contributed by atoms with Crippen LogP contribution in [0.15, 0.2) is 120 Å². The lowest BCUT2D eigenvalue weighted by molar-refractivity contribution is -0.385. The highest BCUT2D eigenvalue weighted by Crippen LogP contribution is 2.30. The van der Waals surface area contributed by atoms with E-state index in [2.05, 4.69) is 17.1 Å². The molecule has 1 saturated heterocycles.